The van der Waals surface area contributed by atoms with E-state index >= 15 is 0 Å². The second kappa shape index (κ2) is 7.88. The van der Waals surface area contributed by atoms with Crippen LogP contribution >= 0.6 is 11.3 Å². The number of para-hydroxylation sites is 1. The van der Waals surface area contributed by atoms with Gasteiger partial charge in [0, 0.05) is 37.3 Å². The smallest absolute Gasteiger partial charge is 0.254 e. The number of carbonyl (C=O) groups excluding carboxylic acids is 1. The molecule has 0 unspecified atom stereocenters. The molecule has 0 bridgehead atoms. The van der Waals surface area contributed by atoms with Gasteiger partial charge >= 0.3 is 0 Å². The maximum absolute atomic E-state index is 13.5. The van der Waals surface area contributed by atoms with Gasteiger partial charge in [0.1, 0.15) is 5.82 Å². The zero-order chi connectivity index (χ0) is 20.5. The highest BCUT2D eigenvalue weighted by Gasteiger charge is 2.24. The van der Waals surface area contributed by atoms with Gasteiger partial charge in [0.05, 0.1) is 21.7 Å². The Kier molecular flexibility index (Phi) is 4.93. The average molecular weight is 418 g/mol. The molecule has 1 aliphatic heterocycles. The number of benzene rings is 2. The molecule has 4 aromatic rings. The Bertz CT molecular complexity index is 1180. The van der Waals surface area contributed by atoms with Crippen molar-refractivity contribution in [1.29, 1.82) is 0 Å². The standard InChI is InChI=1S/C24H20FN3OS/c25-17-7-9-18(10-8-17)27-11-13-28(14-12-27)24(29)20-16-22(23-6-3-15-30-23)26-21-5-2-1-4-19(20)21/h1-10,15-16H,11-14H2. The number of carbonyl (C=O) groups is 1. The lowest BCUT2D eigenvalue weighted by atomic mass is 10.1. The molecule has 2 aromatic carbocycles. The zero-order valence-electron chi connectivity index (χ0n) is 16.3. The third-order valence-electron chi connectivity index (χ3n) is 5.48. The molecule has 3 heterocycles. The largest absolute Gasteiger partial charge is 0.368 e. The molecule has 5 rings (SSSR count). The summed E-state index contributed by atoms with van der Waals surface area (Å²) in [5.41, 5.74) is 3.34. The minimum Gasteiger partial charge on any atom is -0.368 e. The fraction of sp³-hybridized carbons (Fsp3) is 0.167. The van der Waals surface area contributed by atoms with Gasteiger partial charge in [-0.1, -0.05) is 24.3 Å². The molecular weight excluding hydrogens is 397 g/mol. The topological polar surface area (TPSA) is 36.4 Å². The first-order valence-electron chi connectivity index (χ1n) is 9.92. The molecule has 30 heavy (non-hydrogen) atoms. The number of fused-ring (bicyclic) bond motifs is 1. The summed E-state index contributed by atoms with van der Waals surface area (Å²) in [5.74, 6) is -0.205. The first-order valence-corrected chi connectivity index (χ1v) is 10.8. The molecule has 1 amide bonds. The monoisotopic (exact) mass is 417 g/mol. The van der Waals surface area contributed by atoms with Gasteiger partial charge < -0.3 is 9.80 Å². The van der Waals surface area contributed by atoms with Crippen molar-refractivity contribution in [1.82, 2.24) is 9.88 Å². The number of hydrogen-bond acceptors (Lipinski definition) is 4. The molecule has 1 aliphatic rings. The van der Waals surface area contributed by atoms with Crippen LogP contribution in [0.1, 0.15) is 10.4 Å². The third kappa shape index (κ3) is 3.55. The van der Waals surface area contributed by atoms with E-state index in [4.69, 9.17) is 4.98 Å². The molecule has 4 nitrogen and oxygen atoms in total. The predicted molar refractivity (Wildman–Crippen MR) is 120 cm³/mol. The second-order valence-corrected chi connectivity index (χ2v) is 8.25. The Balaban J connectivity index is 1.42. The summed E-state index contributed by atoms with van der Waals surface area (Å²) < 4.78 is 13.2. The number of pyridine rings is 1. The molecule has 0 spiro atoms. The molecule has 0 saturated carbocycles. The number of halogens is 1. The Hall–Kier alpha value is -3.25. The lowest BCUT2D eigenvalue weighted by molar-refractivity contribution is 0.0748. The van der Waals surface area contributed by atoms with Crippen molar-refractivity contribution in [2.75, 3.05) is 31.1 Å². The second-order valence-electron chi connectivity index (χ2n) is 7.31. The number of hydrogen-bond donors (Lipinski definition) is 0. The Labute approximate surface area is 178 Å². The summed E-state index contributed by atoms with van der Waals surface area (Å²) in [6.45, 7) is 2.69. The normalized spacial score (nSPS) is 14.3. The molecule has 6 heteroatoms. The van der Waals surface area contributed by atoms with E-state index in [2.05, 4.69) is 4.90 Å². The summed E-state index contributed by atoms with van der Waals surface area (Å²) in [4.78, 5) is 23.4. The Morgan fingerprint density at radius 3 is 2.43 bits per heavy atom. The highest BCUT2D eigenvalue weighted by atomic mass is 32.1. The average Bonchev–Trinajstić information content (AvgIpc) is 3.34. The van der Waals surface area contributed by atoms with Crippen molar-refractivity contribution in [3.05, 3.63) is 83.5 Å². The lowest BCUT2D eigenvalue weighted by Gasteiger charge is -2.36. The summed E-state index contributed by atoms with van der Waals surface area (Å²) in [5, 5.41) is 2.89. The number of aromatic nitrogens is 1. The summed E-state index contributed by atoms with van der Waals surface area (Å²) in [7, 11) is 0. The maximum Gasteiger partial charge on any atom is 0.254 e. The highest BCUT2D eigenvalue weighted by Crippen LogP contribution is 2.29. The molecule has 0 radical (unpaired) electrons. The predicted octanol–water partition coefficient (Wildman–Crippen LogP) is 5.06. The van der Waals surface area contributed by atoms with E-state index in [9.17, 15) is 9.18 Å². The van der Waals surface area contributed by atoms with Gasteiger partial charge in [-0.25, -0.2) is 9.37 Å². The summed E-state index contributed by atoms with van der Waals surface area (Å²) in [6, 6.07) is 20.3. The van der Waals surface area contributed by atoms with Crippen molar-refractivity contribution in [2.24, 2.45) is 0 Å². The van der Waals surface area contributed by atoms with Crippen LogP contribution in [0.25, 0.3) is 21.5 Å². The van der Waals surface area contributed by atoms with Gasteiger partial charge in [-0.15, -0.1) is 11.3 Å². The molecule has 1 saturated heterocycles. The van der Waals surface area contributed by atoms with E-state index in [-0.39, 0.29) is 11.7 Å². The van der Waals surface area contributed by atoms with E-state index in [0.29, 0.717) is 18.7 Å². The van der Waals surface area contributed by atoms with Crippen LogP contribution in [0.4, 0.5) is 10.1 Å². The number of nitrogens with zero attached hydrogens (tertiary/aromatic N) is 3. The lowest BCUT2D eigenvalue weighted by Crippen LogP contribution is -2.48. The van der Waals surface area contributed by atoms with Crippen molar-refractivity contribution < 1.29 is 9.18 Å². The van der Waals surface area contributed by atoms with Crippen LogP contribution in [0.5, 0.6) is 0 Å². The first kappa shape index (κ1) is 18.8. The fourth-order valence-corrected chi connectivity index (χ4v) is 4.58. The molecular formula is C24H20FN3OS. The van der Waals surface area contributed by atoms with Gasteiger partial charge in [-0.2, -0.15) is 0 Å². The van der Waals surface area contributed by atoms with Crippen molar-refractivity contribution >= 4 is 33.8 Å². The summed E-state index contributed by atoms with van der Waals surface area (Å²) in [6.07, 6.45) is 0. The summed E-state index contributed by atoms with van der Waals surface area (Å²) >= 11 is 1.62. The molecule has 0 aliphatic carbocycles. The van der Waals surface area contributed by atoms with Gasteiger partial charge in [0.15, 0.2) is 0 Å². The van der Waals surface area contributed by atoms with Crippen LogP contribution in [0.3, 0.4) is 0 Å². The highest BCUT2D eigenvalue weighted by molar-refractivity contribution is 7.13. The minimum atomic E-state index is -0.237. The van der Waals surface area contributed by atoms with E-state index in [1.165, 1.54) is 12.1 Å². The first-order chi connectivity index (χ1) is 14.7. The fourth-order valence-electron chi connectivity index (χ4n) is 3.89. The van der Waals surface area contributed by atoms with Crippen molar-refractivity contribution in [3.63, 3.8) is 0 Å². The molecule has 150 valence electrons. The van der Waals surface area contributed by atoms with Crippen molar-refractivity contribution in [3.8, 4) is 10.6 Å². The van der Waals surface area contributed by atoms with E-state index in [1.54, 1.807) is 23.5 Å². The number of piperazine rings is 1. The SMILES string of the molecule is O=C(c1cc(-c2cccs2)nc2ccccc12)N1CCN(c2ccc(F)cc2)CC1. The molecule has 2 aromatic heterocycles. The molecule has 0 N–H and O–H groups in total. The molecule has 1 fully saturated rings. The van der Waals surface area contributed by atoms with E-state index in [0.717, 1.165) is 40.3 Å². The molecule has 0 atom stereocenters. The van der Waals surface area contributed by atoms with Gasteiger partial charge in [-0.3, -0.25) is 4.79 Å². The van der Waals surface area contributed by atoms with Gasteiger partial charge in [-0.05, 0) is 47.8 Å². The Morgan fingerprint density at radius 2 is 1.70 bits per heavy atom. The zero-order valence-corrected chi connectivity index (χ0v) is 17.1. The number of thiophene rings is 1. The van der Waals surface area contributed by atoms with Crippen LogP contribution in [0, 0.1) is 5.82 Å². The minimum absolute atomic E-state index is 0.0326. The van der Waals surface area contributed by atoms with Gasteiger partial charge in [0.2, 0.25) is 0 Å². The third-order valence-corrected chi connectivity index (χ3v) is 6.37. The van der Waals surface area contributed by atoms with E-state index < -0.39 is 0 Å². The van der Waals surface area contributed by atoms with Crippen LogP contribution in [0.15, 0.2) is 72.1 Å². The van der Waals surface area contributed by atoms with Crippen molar-refractivity contribution in [2.45, 2.75) is 0 Å². The van der Waals surface area contributed by atoms with Crippen LogP contribution in [-0.2, 0) is 0 Å². The maximum atomic E-state index is 13.5. The van der Waals surface area contributed by atoms with Crippen LogP contribution in [0.2, 0.25) is 0 Å². The van der Waals surface area contributed by atoms with Crippen LogP contribution in [-0.4, -0.2) is 42.0 Å². The number of amides is 1. The van der Waals surface area contributed by atoms with E-state index in [1.807, 2.05) is 52.7 Å². The number of rotatable bonds is 3. The van der Waals surface area contributed by atoms with Crippen LogP contribution < -0.4 is 4.90 Å². The Morgan fingerprint density at radius 1 is 0.933 bits per heavy atom. The quantitative estimate of drug-likeness (QED) is 0.467. The van der Waals surface area contributed by atoms with Gasteiger partial charge in [0.25, 0.3) is 5.91 Å². The number of anilines is 1.